The van der Waals surface area contributed by atoms with Crippen LogP contribution in [-0.2, 0) is 11.2 Å². The normalized spacial score (nSPS) is 19.2. The summed E-state index contributed by atoms with van der Waals surface area (Å²) >= 11 is 0. The minimum absolute atomic E-state index is 0.00779. The van der Waals surface area contributed by atoms with Crippen LogP contribution >= 0.6 is 0 Å². The van der Waals surface area contributed by atoms with E-state index in [4.69, 9.17) is 5.11 Å². The molecule has 3 aromatic heterocycles. The van der Waals surface area contributed by atoms with Crippen LogP contribution in [0.25, 0.3) is 5.78 Å². The van der Waals surface area contributed by atoms with Crippen molar-refractivity contribution >= 4 is 23.6 Å². The molecule has 0 spiro atoms. The van der Waals surface area contributed by atoms with Gasteiger partial charge in [-0.15, -0.1) is 0 Å². The fraction of sp³-hybridized carbons (Fsp3) is 0.500. The molecule has 0 saturated heterocycles. The first-order chi connectivity index (χ1) is 15.4. The Hall–Kier alpha value is -3.43. The molecular weight excluding hydrogens is 410 g/mol. The molecule has 32 heavy (non-hydrogen) atoms. The molecule has 2 amide bonds. The van der Waals surface area contributed by atoms with Crippen LogP contribution in [-0.4, -0.2) is 47.7 Å². The van der Waals surface area contributed by atoms with Crippen LogP contribution in [0.1, 0.15) is 62.0 Å². The van der Waals surface area contributed by atoms with E-state index < -0.39 is 6.09 Å². The van der Waals surface area contributed by atoms with Crippen molar-refractivity contribution in [3.8, 4) is 0 Å². The predicted molar refractivity (Wildman–Crippen MR) is 119 cm³/mol. The summed E-state index contributed by atoms with van der Waals surface area (Å²) in [6, 6.07) is 3.78. The molecule has 4 rings (SSSR count). The lowest BCUT2D eigenvalue weighted by atomic mass is 9.95. The topological polar surface area (TPSA) is 137 Å². The first-order valence-electron chi connectivity index (χ1n) is 11.1. The summed E-state index contributed by atoms with van der Waals surface area (Å²) in [5.41, 5.74) is 2.53. The molecule has 4 N–H and O–H groups in total. The number of hydrogen-bond acceptors (Lipinski definition) is 5. The van der Waals surface area contributed by atoms with Crippen LogP contribution in [0.4, 0.5) is 10.6 Å². The van der Waals surface area contributed by atoms with Gasteiger partial charge < -0.3 is 15.7 Å². The fourth-order valence-electron chi connectivity index (χ4n) is 4.53. The molecule has 0 aromatic carbocycles. The zero-order valence-corrected chi connectivity index (χ0v) is 18.3. The maximum absolute atomic E-state index is 12.5. The van der Waals surface area contributed by atoms with Crippen LogP contribution in [0.3, 0.4) is 0 Å². The average Bonchev–Trinajstić information content (AvgIpc) is 3.46. The number of imidazole rings is 1. The SMILES string of the molecule is CCC(CC1CCC(c2cc(NC(=O)Cc3cn4ccc(C)nc4n3)n[nH]2)C1)NC(=O)O. The largest absolute Gasteiger partial charge is 0.465 e. The summed E-state index contributed by atoms with van der Waals surface area (Å²) < 4.78 is 1.80. The van der Waals surface area contributed by atoms with Gasteiger partial charge in [0, 0.05) is 41.8 Å². The van der Waals surface area contributed by atoms with Crippen molar-refractivity contribution < 1.29 is 14.7 Å². The van der Waals surface area contributed by atoms with Gasteiger partial charge in [0.1, 0.15) is 0 Å². The molecule has 0 bridgehead atoms. The van der Waals surface area contributed by atoms with Gasteiger partial charge in [-0.1, -0.05) is 6.92 Å². The van der Waals surface area contributed by atoms with E-state index in [2.05, 4.69) is 30.8 Å². The molecule has 1 aliphatic carbocycles. The number of carbonyl (C=O) groups excluding carboxylic acids is 1. The van der Waals surface area contributed by atoms with Gasteiger partial charge in [0.05, 0.1) is 12.1 Å². The molecule has 3 aromatic rings. The highest BCUT2D eigenvalue weighted by atomic mass is 16.4. The Balaban J connectivity index is 1.30. The van der Waals surface area contributed by atoms with E-state index in [1.54, 1.807) is 10.6 Å². The van der Waals surface area contributed by atoms with Gasteiger partial charge >= 0.3 is 6.09 Å². The summed E-state index contributed by atoms with van der Waals surface area (Å²) in [4.78, 5) is 32.1. The monoisotopic (exact) mass is 439 g/mol. The Morgan fingerprint density at radius 3 is 2.97 bits per heavy atom. The minimum atomic E-state index is -0.963. The average molecular weight is 440 g/mol. The second kappa shape index (κ2) is 9.37. The van der Waals surface area contributed by atoms with Crippen LogP contribution in [0.2, 0.25) is 0 Å². The molecule has 3 heterocycles. The first kappa shape index (κ1) is 21.8. The fourth-order valence-corrected chi connectivity index (χ4v) is 4.53. The third-order valence-corrected chi connectivity index (χ3v) is 6.14. The highest BCUT2D eigenvalue weighted by Crippen LogP contribution is 2.40. The van der Waals surface area contributed by atoms with Gasteiger partial charge in [0.2, 0.25) is 11.7 Å². The maximum Gasteiger partial charge on any atom is 0.404 e. The van der Waals surface area contributed by atoms with Crippen LogP contribution in [0.15, 0.2) is 24.5 Å². The summed E-state index contributed by atoms with van der Waals surface area (Å²) in [6.45, 7) is 3.90. The van der Waals surface area contributed by atoms with E-state index in [9.17, 15) is 9.59 Å². The van der Waals surface area contributed by atoms with Gasteiger partial charge in [0.25, 0.3) is 0 Å². The summed E-state index contributed by atoms with van der Waals surface area (Å²) in [6.07, 6.45) is 7.57. The second-order valence-corrected chi connectivity index (χ2v) is 8.61. The van der Waals surface area contributed by atoms with Crippen LogP contribution in [0, 0.1) is 12.8 Å². The first-order valence-corrected chi connectivity index (χ1v) is 11.1. The van der Waals surface area contributed by atoms with E-state index >= 15 is 0 Å². The molecule has 170 valence electrons. The summed E-state index contributed by atoms with van der Waals surface area (Å²) in [5, 5.41) is 21.7. The van der Waals surface area contributed by atoms with E-state index in [1.807, 2.05) is 32.2 Å². The van der Waals surface area contributed by atoms with Gasteiger partial charge in [0.15, 0.2) is 5.82 Å². The van der Waals surface area contributed by atoms with E-state index in [-0.39, 0.29) is 18.4 Å². The van der Waals surface area contributed by atoms with Crippen molar-refractivity contribution in [3.63, 3.8) is 0 Å². The number of rotatable bonds is 8. The molecule has 3 unspecified atom stereocenters. The smallest absolute Gasteiger partial charge is 0.404 e. The number of anilines is 1. The number of aromatic nitrogens is 5. The van der Waals surface area contributed by atoms with Gasteiger partial charge in [-0.05, 0) is 51.0 Å². The van der Waals surface area contributed by atoms with Crippen molar-refractivity contribution in [2.75, 3.05) is 5.32 Å². The lowest BCUT2D eigenvalue weighted by molar-refractivity contribution is -0.115. The molecule has 10 heteroatoms. The van der Waals surface area contributed by atoms with Crippen molar-refractivity contribution in [2.45, 2.75) is 64.3 Å². The number of fused-ring (bicyclic) bond motifs is 1. The van der Waals surface area contributed by atoms with Crippen molar-refractivity contribution in [3.05, 3.63) is 41.6 Å². The Bertz CT molecular complexity index is 1110. The molecule has 3 atom stereocenters. The van der Waals surface area contributed by atoms with Gasteiger partial charge in [-0.25, -0.2) is 14.8 Å². The standard InChI is InChI=1S/C22H29N7O3/c1-3-16(25-22(31)32)9-14-4-5-15(8-14)18-11-19(28-27-18)26-20(30)10-17-12-29-7-6-13(2)23-21(29)24-17/h6-7,11-12,14-16,25H,3-5,8-10H2,1-2H3,(H,31,32)(H2,26,27,28,30). The molecule has 0 aliphatic heterocycles. The third kappa shape index (κ3) is 5.24. The third-order valence-electron chi connectivity index (χ3n) is 6.14. The van der Waals surface area contributed by atoms with E-state index in [0.717, 1.165) is 43.5 Å². The second-order valence-electron chi connectivity index (χ2n) is 8.61. The minimum Gasteiger partial charge on any atom is -0.465 e. The van der Waals surface area contributed by atoms with Crippen molar-refractivity contribution in [1.29, 1.82) is 0 Å². The number of amides is 2. The maximum atomic E-state index is 12.5. The quantitative estimate of drug-likeness (QED) is 0.425. The van der Waals surface area contributed by atoms with Crippen LogP contribution in [0.5, 0.6) is 0 Å². The number of aryl methyl sites for hydroxylation is 1. The number of hydrogen-bond donors (Lipinski definition) is 4. The highest BCUT2D eigenvalue weighted by molar-refractivity contribution is 5.91. The van der Waals surface area contributed by atoms with E-state index in [0.29, 0.717) is 29.1 Å². The highest BCUT2D eigenvalue weighted by Gasteiger charge is 2.29. The summed E-state index contributed by atoms with van der Waals surface area (Å²) in [5.74, 6) is 1.72. The van der Waals surface area contributed by atoms with Crippen LogP contribution < -0.4 is 10.6 Å². The Morgan fingerprint density at radius 1 is 1.34 bits per heavy atom. The number of carboxylic acid groups (broad SMARTS) is 1. The zero-order valence-electron chi connectivity index (χ0n) is 18.3. The van der Waals surface area contributed by atoms with Crippen molar-refractivity contribution in [1.82, 2.24) is 29.9 Å². The number of H-pyrrole nitrogens is 1. The lowest BCUT2D eigenvalue weighted by Gasteiger charge is -2.19. The molecule has 1 saturated carbocycles. The Morgan fingerprint density at radius 2 is 2.19 bits per heavy atom. The number of carbonyl (C=O) groups is 2. The summed E-state index contributed by atoms with van der Waals surface area (Å²) in [7, 11) is 0. The van der Waals surface area contributed by atoms with Gasteiger partial charge in [-0.3, -0.25) is 14.3 Å². The number of nitrogens with zero attached hydrogens (tertiary/aromatic N) is 4. The zero-order chi connectivity index (χ0) is 22.7. The number of nitrogens with one attached hydrogen (secondary N) is 3. The molecule has 1 fully saturated rings. The number of aromatic amines is 1. The Kier molecular flexibility index (Phi) is 6.38. The van der Waals surface area contributed by atoms with Gasteiger partial charge in [-0.2, -0.15) is 5.10 Å². The Labute approximate surface area is 185 Å². The molecule has 0 radical (unpaired) electrons. The predicted octanol–water partition coefficient (Wildman–Crippen LogP) is 3.26. The lowest BCUT2D eigenvalue weighted by Crippen LogP contribution is -2.34. The molecule has 1 aliphatic rings. The molecular formula is C22H29N7O3. The van der Waals surface area contributed by atoms with Crippen molar-refractivity contribution in [2.24, 2.45) is 5.92 Å². The van der Waals surface area contributed by atoms with E-state index in [1.165, 1.54) is 0 Å². The molecule has 10 nitrogen and oxygen atoms in total.